The molecule has 0 aromatic carbocycles. The number of rotatable bonds is 6. The zero-order valence-electron chi connectivity index (χ0n) is 11.6. The van der Waals surface area contributed by atoms with Gasteiger partial charge in [-0.15, -0.1) is 0 Å². The maximum Gasteiger partial charge on any atom is 0.318 e. The Balaban J connectivity index is 2.44. The molecule has 6 nitrogen and oxygen atoms in total. The molecule has 0 unspecified atom stereocenters. The lowest BCUT2D eigenvalue weighted by molar-refractivity contribution is -0.120. The van der Waals surface area contributed by atoms with Crippen molar-refractivity contribution >= 4 is 11.9 Å². The second-order valence-corrected chi connectivity index (χ2v) is 5.30. The third kappa shape index (κ3) is 6.54. The standard InChI is InChI=1S/C13H25N3O3/c1-10(17)9-16(11-5-3-2-4-6-11)8-7-12(18)15-13(14)19/h10-11,17H,2-9H2,1H3,(H3,14,15,18,19)/t10-/m1/s1. The van der Waals surface area contributed by atoms with E-state index in [0.717, 1.165) is 12.8 Å². The van der Waals surface area contributed by atoms with Gasteiger partial charge in [-0.2, -0.15) is 0 Å². The van der Waals surface area contributed by atoms with Crippen LogP contribution in [0.25, 0.3) is 0 Å². The first-order valence-corrected chi connectivity index (χ1v) is 7.00. The maximum absolute atomic E-state index is 11.4. The molecule has 1 aliphatic rings. The fourth-order valence-electron chi connectivity index (χ4n) is 2.65. The van der Waals surface area contributed by atoms with Gasteiger partial charge >= 0.3 is 6.03 Å². The number of amides is 3. The average Bonchev–Trinajstić information content (AvgIpc) is 2.34. The Labute approximate surface area is 114 Å². The highest BCUT2D eigenvalue weighted by Gasteiger charge is 2.22. The maximum atomic E-state index is 11.4. The highest BCUT2D eigenvalue weighted by molar-refractivity contribution is 5.93. The van der Waals surface area contributed by atoms with Crippen molar-refractivity contribution in [3.8, 4) is 0 Å². The van der Waals surface area contributed by atoms with Crippen LogP contribution >= 0.6 is 0 Å². The summed E-state index contributed by atoms with van der Waals surface area (Å²) in [6.07, 6.45) is 5.71. The van der Waals surface area contributed by atoms with Crippen LogP contribution in [0.5, 0.6) is 0 Å². The zero-order valence-corrected chi connectivity index (χ0v) is 11.6. The molecule has 3 amide bonds. The van der Waals surface area contributed by atoms with Gasteiger partial charge in [-0.05, 0) is 19.8 Å². The number of primary amides is 1. The van der Waals surface area contributed by atoms with Crippen molar-refractivity contribution in [1.29, 1.82) is 0 Å². The van der Waals surface area contributed by atoms with Gasteiger partial charge in [0.2, 0.25) is 5.91 Å². The van der Waals surface area contributed by atoms with E-state index in [-0.39, 0.29) is 12.3 Å². The first-order valence-electron chi connectivity index (χ1n) is 7.00. The smallest absolute Gasteiger partial charge is 0.318 e. The van der Waals surface area contributed by atoms with E-state index in [1.54, 1.807) is 6.92 Å². The van der Waals surface area contributed by atoms with Crippen LogP contribution in [0.1, 0.15) is 45.4 Å². The van der Waals surface area contributed by atoms with E-state index in [1.165, 1.54) is 19.3 Å². The van der Waals surface area contributed by atoms with Gasteiger partial charge in [-0.25, -0.2) is 4.79 Å². The van der Waals surface area contributed by atoms with E-state index in [9.17, 15) is 14.7 Å². The molecule has 0 aliphatic heterocycles. The Kier molecular flexibility index (Phi) is 6.80. The molecule has 1 saturated carbocycles. The molecule has 0 heterocycles. The topological polar surface area (TPSA) is 95.7 Å². The number of nitrogens with two attached hydrogens (primary N) is 1. The van der Waals surface area contributed by atoms with Gasteiger partial charge in [0.05, 0.1) is 6.10 Å². The molecule has 0 saturated heterocycles. The van der Waals surface area contributed by atoms with Gasteiger partial charge in [0.25, 0.3) is 0 Å². The molecule has 19 heavy (non-hydrogen) atoms. The zero-order chi connectivity index (χ0) is 14.3. The molecule has 6 heteroatoms. The van der Waals surface area contributed by atoms with Gasteiger partial charge in [-0.3, -0.25) is 15.0 Å². The quantitative estimate of drug-likeness (QED) is 0.658. The number of imide groups is 1. The lowest BCUT2D eigenvalue weighted by atomic mass is 9.94. The Morgan fingerprint density at radius 2 is 2.00 bits per heavy atom. The van der Waals surface area contributed by atoms with Gasteiger partial charge in [0, 0.05) is 25.6 Å². The lowest BCUT2D eigenvalue weighted by Crippen LogP contribution is -2.43. The van der Waals surface area contributed by atoms with Crippen LogP contribution in [0.15, 0.2) is 0 Å². The van der Waals surface area contributed by atoms with E-state index in [1.807, 2.05) is 0 Å². The molecule has 0 aromatic heterocycles. The number of carbonyl (C=O) groups excluding carboxylic acids is 2. The monoisotopic (exact) mass is 271 g/mol. The third-order valence-electron chi connectivity index (χ3n) is 3.48. The van der Waals surface area contributed by atoms with E-state index in [0.29, 0.717) is 19.1 Å². The summed E-state index contributed by atoms with van der Waals surface area (Å²) in [7, 11) is 0. The van der Waals surface area contributed by atoms with Gasteiger partial charge in [0.1, 0.15) is 0 Å². The molecular weight excluding hydrogens is 246 g/mol. The fraction of sp³-hybridized carbons (Fsp3) is 0.846. The SMILES string of the molecule is C[C@@H](O)CN(CCC(=O)NC(N)=O)C1CCCCC1. The highest BCUT2D eigenvalue weighted by Crippen LogP contribution is 2.22. The van der Waals surface area contributed by atoms with Crippen molar-refractivity contribution in [2.45, 2.75) is 57.6 Å². The third-order valence-corrected chi connectivity index (χ3v) is 3.48. The molecule has 1 atom stereocenters. The summed E-state index contributed by atoms with van der Waals surface area (Å²) in [6, 6.07) is -0.380. The van der Waals surface area contributed by atoms with Crippen LogP contribution in [0.4, 0.5) is 4.79 Å². The minimum atomic E-state index is -0.815. The summed E-state index contributed by atoms with van der Waals surface area (Å²) in [6.45, 7) is 2.86. The molecule has 0 aromatic rings. The molecular formula is C13H25N3O3. The minimum Gasteiger partial charge on any atom is -0.392 e. The summed E-state index contributed by atoms with van der Waals surface area (Å²) in [4.78, 5) is 24.2. The highest BCUT2D eigenvalue weighted by atomic mass is 16.3. The van der Waals surface area contributed by atoms with E-state index in [2.05, 4.69) is 10.2 Å². The van der Waals surface area contributed by atoms with Crippen LogP contribution in [0, 0.1) is 0 Å². The number of hydrogen-bond donors (Lipinski definition) is 3. The number of carbonyl (C=O) groups is 2. The second kappa shape index (κ2) is 8.12. The van der Waals surface area contributed by atoms with Crippen molar-refractivity contribution in [2.75, 3.05) is 13.1 Å². The fourth-order valence-corrected chi connectivity index (χ4v) is 2.65. The summed E-state index contributed by atoms with van der Waals surface area (Å²) in [5, 5.41) is 11.6. The van der Waals surface area contributed by atoms with Crippen molar-refractivity contribution in [3.05, 3.63) is 0 Å². The lowest BCUT2D eigenvalue weighted by Gasteiger charge is -2.35. The number of urea groups is 1. The number of aliphatic hydroxyl groups excluding tert-OH is 1. The average molecular weight is 271 g/mol. The van der Waals surface area contributed by atoms with Crippen LogP contribution in [0.3, 0.4) is 0 Å². The largest absolute Gasteiger partial charge is 0.392 e. The van der Waals surface area contributed by atoms with Crippen molar-refractivity contribution < 1.29 is 14.7 Å². The predicted molar refractivity (Wildman–Crippen MR) is 72.5 cm³/mol. The first-order chi connectivity index (χ1) is 8.99. The van der Waals surface area contributed by atoms with Gasteiger partial charge in [-0.1, -0.05) is 19.3 Å². The van der Waals surface area contributed by atoms with E-state index >= 15 is 0 Å². The Morgan fingerprint density at radius 3 is 2.53 bits per heavy atom. The number of nitrogens with zero attached hydrogens (tertiary/aromatic N) is 1. The minimum absolute atomic E-state index is 0.228. The summed E-state index contributed by atoms with van der Waals surface area (Å²) in [5.41, 5.74) is 4.90. The first kappa shape index (κ1) is 15.9. The molecule has 110 valence electrons. The van der Waals surface area contributed by atoms with E-state index < -0.39 is 12.1 Å². The molecule has 0 radical (unpaired) electrons. The summed E-state index contributed by atoms with van der Waals surface area (Å²) >= 11 is 0. The van der Waals surface area contributed by atoms with Gasteiger partial charge < -0.3 is 10.8 Å². The number of nitrogens with one attached hydrogen (secondary N) is 1. The van der Waals surface area contributed by atoms with Crippen molar-refractivity contribution in [2.24, 2.45) is 5.73 Å². The second-order valence-electron chi connectivity index (χ2n) is 5.30. The van der Waals surface area contributed by atoms with Crippen LogP contribution in [0.2, 0.25) is 0 Å². The Morgan fingerprint density at radius 1 is 1.37 bits per heavy atom. The molecule has 1 fully saturated rings. The molecule has 1 rings (SSSR count). The van der Waals surface area contributed by atoms with Crippen molar-refractivity contribution in [3.63, 3.8) is 0 Å². The van der Waals surface area contributed by atoms with Gasteiger partial charge in [0.15, 0.2) is 0 Å². The van der Waals surface area contributed by atoms with Crippen LogP contribution in [-0.4, -0.2) is 47.2 Å². The molecule has 0 spiro atoms. The number of aliphatic hydroxyl groups is 1. The van der Waals surface area contributed by atoms with Crippen molar-refractivity contribution in [1.82, 2.24) is 10.2 Å². The van der Waals surface area contributed by atoms with Crippen LogP contribution in [-0.2, 0) is 4.79 Å². The normalized spacial score (nSPS) is 18.3. The molecule has 4 N–H and O–H groups in total. The van der Waals surface area contributed by atoms with E-state index in [4.69, 9.17) is 5.73 Å². The van der Waals surface area contributed by atoms with Crippen LogP contribution < -0.4 is 11.1 Å². The predicted octanol–water partition coefficient (Wildman–Crippen LogP) is 0.587. The molecule has 1 aliphatic carbocycles. The molecule has 0 bridgehead atoms. The Bertz CT molecular complexity index is 302. The Hall–Kier alpha value is -1.14. The number of hydrogen-bond acceptors (Lipinski definition) is 4. The summed E-state index contributed by atoms with van der Waals surface area (Å²) < 4.78 is 0. The summed E-state index contributed by atoms with van der Waals surface area (Å²) in [5.74, 6) is -0.362.